The first-order valence-electron chi connectivity index (χ1n) is 3.76. The largest absolute Gasteiger partial charge is 0.303 e. The standard InChI is InChI=1S/C7H9N3O2S/c1-5-8-7(13-10-5)9-6(12)3-2-4-11/h4H,2-3H2,1H3,(H,8,9,10,12). The number of nitrogens with one attached hydrogen (secondary N) is 1. The maximum absolute atomic E-state index is 11.0. The zero-order valence-electron chi connectivity index (χ0n) is 7.11. The first-order chi connectivity index (χ1) is 6.22. The van der Waals surface area contributed by atoms with Gasteiger partial charge < -0.3 is 10.1 Å². The summed E-state index contributed by atoms with van der Waals surface area (Å²) in [6.07, 6.45) is 1.15. The minimum absolute atomic E-state index is 0.197. The Balaban J connectivity index is 2.40. The molecular weight excluding hydrogens is 190 g/mol. The number of rotatable bonds is 4. The Kier molecular flexibility index (Phi) is 3.51. The molecule has 1 N–H and O–H groups in total. The molecule has 0 atom stereocenters. The van der Waals surface area contributed by atoms with Crippen LogP contribution in [0.25, 0.3) is 0 Å². The van der Waals surface area contributed by atoms with Gasteiger partial charge in [0.1, 0.15) is 12.1 Å². The topological polar surface area (TPSA) is 72.0 Å². The van der Waals surface area contributed by atoms with Crippen molar-refractivity contribution in [3.63, 3.8) is 0 Å². The number of amides is 1. The van der Waals surface area contributed by atoms with Crippen LogP contribution in [0.1, 0.15) is 18.7 Å². The molecule has 13 heavy (non-hydrogen) atoms. The number of aromatic nitrogens is 2. The van der Waals surface area contributed by atoms with Crippen molar-refractivity contribution in [1.29, 1.82) is 0 Å². The Bertz CT molecular complexity index is 310. The van der Waals surface area contributed by atoms with E-state index in [1.165, 1.54) is 0 Å². The van der Waals surface area contributed by atoms with Crippen molar-refractivity contribution in [2.24, 2.45) is 0 Å². The number of carbonyl (C=O) groups excluding carboxylic acids is 2. The molecule has 1 aromatic rings. The van der Waals surface area contributed by atoms with Crippen LogP contribution in [0, 0.1) is 6.92 Å². The summed E-state index contributed by atoms with van der Waals surface area (Å²) in [5.74, 6) is 0.430. The van der Waals surface area contributed by atoms with E-state index in [0.717, 1.165) is 11.5 Å². The van der Waals surface area contributed by atoms with E-state index < -0.39 is 0 Å². The van der Waals surface area contributed by atoms with Crippen molar-refractivity contribution < 1.29 is 9.59 Å². The van der Waals surface area contributed by atoms with Crippen LogP contribution in [0.4, 0.5) is 5.13 Å². The van der Waals surface area contributed by atoms with E-state index in [0.29, 0.717) is 17.2 Å². The molecule has 0 saturated heterocycles. The highest BCUT2D eigenvalue weighted by Crippen LogP contribution is 2.10. The zero-order chi connectivity index (χ0) is 9.68. The van der Waals surface area contributed by atoms with Gasteiger partial charge in [-0.25, -0.2) is 4.98 Å². The van der Waals surface area contributed by atoms with E-state index in [-0.39, 0.29) is 18.7 Å². The summed E-state index contributed by atoms with van der Waals surface area (Å²) < 4.78 is 3.90. The van der Waals surface area contributed by atoms with Crippen LogP contribution in [0.2, 0.25) is 0 Å². The molecule has 0 radical (unpaired) electrons. The van der Waals surface area contributed by atoms with E-state index in [1.54, 1.807) is 6.92 Å². The molecule has 0 aliphatic rings. The van der Waals surface area contributed by atoms with Crippen molar-refractivity contribution in [1.82, 2.24) is 9.36 Å². The second kappa shape index (κ2) is 4.66. The zero-order valence-corrected chi connectivity index (χ0v) is 7.93. The van der Waals surface area contributed by atoms with Gasteiger partial charge >= 0.3 is 0 Å². The number of anilines is 1. The van der Waals surface area contributed by atoms with Crippen molar-refractivity contribution >= 4 is 28.9 Å². The lowest BCUT2D eigenvalue weighted by Gasteiger charge is -1.96. The lowest BCUT2D eigenvalue weighted by molar-refractivity contribution is -0.118. The van der Waals surface area contributed by atoms with Crippen molar-refractivity contribution in [2.75, 3.05) is 5.32 Å². The van der Waals surface area contributed by atoms with Gasteiger partial charge in [-0.3, -0.25) is 4.79 Å². The molecule has 0 spiro atoms. The number of carbonyl (C=O) groups is 2. The molecular formula is C7H9N3O2S. The highest BCUT2D eigenvalue weighted by Gasteiger charge is 2.04. The molecule has 1 amide bonds. The molecule has 1 heterocycles. The molecule has 0 unspecified atom stereocenters. The summed E-state index contributed by atoms with van der Waals surface area (Å²) >= 11 is 1.13. The molecule has 6 heteroatoms. The van der Waals surface area contributed by atoms with E-state index in [1.807, 2.05) is 0 Å². The summed E-state index contributed by atoms with van der Waals surface area (Å²) in [5.41, 5.74) is 0. The smallest absolute Gasteiger partial charge is 0.226 e. The van der Waals surface area contributed by atoms with Crippen LogP contribution in [0.3, 0.4) is 0 Å². The Morgan fingerprint density at radius 3 is 3.00 bits per heavy atom. The van der Waals surface area contributed by atoms with Crippen LogP contribution in [0.5, 0.6) is 0 Å². The Hall–Kier alpha value is -1.30. The van der Waals surface area contributed by atoms with E-state index in [4.69, 9.17) is 0 Å². The number of nitrogens with zero attached hydrogens (tertiary/aromatic N) is 2. The van der Waals surface area contributed by atoms with Crippen LogP contribution < -0.4 is 5.32 Å². The molecule has 5 nitrogen and oxygen atoms in total. The molecule has 0 fully saturated rings. The van der Waals surface area contributed by atoms with Crippen LogP contribution in [-0.4, -0.2) is 21.6 Å². The minimum Gasteiger partial charge on any atom is -0.303 e. The SMILES string of the molecule is Cc1nsc(NC(=O)CCC=O)n1. The molecule has 0 bridgehead atoms. The minimum atomic E-state index is -0.205. The average molecular weight is 199 g/mol. The molecule has 0 saturated carbocycles. The quantitative estimate of drug-likeness (QED) is 0.727. The Morgan fingerprint density at radius 1 is 1.69 bits per heavy atom. The van der Waals surface area contributed by atoms with Gasteiger partial charge in [-0.1, -0.05) is 0 Å². The maximum Gasteiger partial charge on any atom is 0.226 e. The highest BCUT2D eigenvalue weighted by atomic mass is 32.1. The molecule has 0 aromatic carbocycles. The van der Waals surface area contributed by atoms with Crippen molar-refractivity contribution in [3.05, 3.63) is 5.82 Å². The number of aldehydes is 1. The van der Waals surface area contributed by atoms with Gasteiger partial charge in [-0.15, -0.1) is 0 Å². The van der Waals surface area contributed by atoms with Crippen LogP contribution in [-0.2, 0) is 9.59 Å². The second-order valence-electron chi connectivity index (χ2n) is 2.40. The van der Waals surface area contributed by atoms with Crippen molar-refractivity contribution in [3.8, 4) is 0 Å². The summed E-state index contributed by atoms with van der Waals surface area (Å²) in [6, 6.07) is 0. The summed E-state index contributed by atoms with van der Waals surface area (Å²) in [7, 11) is 0. The van der Waals surface area contributed by atoms with Gasteiger partial charge in [0.2, 0.25) is 11.0 Å². The van der Waals surface area contributed by atoms with Gasteiger partial charge in [-0.2, -0.15) is 4.37 Å². The third-order valence-corrected chi connectivity index (χ3v) is 1.98. The monoisotopic (exact) mass is 199 g/mol. The average Bonchev–Trinajstić information content (AvgIpc) is 2.48. The van der Waals surface area contributed by atoms with Gasteiger partial charge in [0.25, 0.3) is 0 Å². The third-order valence-electron chi connectivity index (χ3n) is 1.26. The lowest BCUT2D eigenvalue weighted by atomic mass is 10.3. The number of hydrogen-bond donors (Lipinski definition) is 1. The van der Waals surface area contributed by atoms with Crippen molar-refractivity contribution in [2.45, 2.75) is 19.8 Å². The van der Waals surface area contributed by atoms with Gasteiger partial charge in [-0.05, 0) is 6.92 Å². The fourth-order valence-corrected chi connectivity index (χ4v) is 1.31. The van der Waals surface area contributed by atoms with Gasteiger partial charge in [0.05, 0.1) is 0 Å². The fourth-order valence-electron chi connectivity index (χ4n) is 0.720. The molecule has 0 aliphatic carbocycles. The lowest BCUT2D eigenvalue weighted by Crippen LogP contribution is -2.10. The first-order valence-corrected chi connectivity index (χ1v) is 4.53. The normalized spacial score (nSPS) is 9.62. The van der Waals surface area contributed by atoms with E-state index in [2.05, 4.69) is 14.7 Å². The predicted molar refractivity (Wildman–Crippen MR) is 48.6 cm³/mol. The van der Waals surface area contributed by atoms with Gasteiger partial charge in [0, 0.05) is 24.4 Å². The number of hydrogen-bond acceptors (Lipinski definition) is 5. The number of aryl methyl sites for hydroxylation is 1. The van der Waals surface area contributed by atoms with Gasteiger partial charge in [0.15, 0.2) is 0 Å². The molecule has 70 valence electrons. The third kappa shape index (κ3) is 3.29. The van der Waals surface area contributed by atoms with Crippen LogP contribution in [0.15, 0.2) is 0 Å². The molecule has 1 rings (SSSR count). The summed E-state index contributed by atoms with van der Waals surface area (Å²) in [6.45, 7) is 1.75. The summed E-state index contributed by atoms with van der Waals surface area (Å²) in [4.78, 5) is 25.0. The molecule has 1 aromatic heterocycles. The molecule has 0 aliphatic heterocycles. The Morgan fingerprint density at radius 2 is 2.46 bits per heavy atom. The Labute approximate surface area is 79.3 Å². The maximum atomic E-state index is 11.0. The first kappa shape index (κ1) is 9.79. The van der Waals surface area contributed by atoms with E-state index >= 15 is 0 Å². The van der Waals surface area contributed by atoms with Crippen LogP contribution >= 0.6 is 11.5 Å². The highest BCUT2D eigenvalue weighted by molar-refractivity contribution is 7.09. The summed E-state index contributed by atoms with van der Waals surface area (Å²) in [5, 5.41) is 3.02. The van der Waals surface area contributed by atoms with E-state index in [9.17, 15) is 9.59 Å². The predicted octanol–water partition coefficient (Wildman–Crippen LogP) is 0.764. The fraction of sp³-hybridized carbons (Fsp3) is 0.429. The second-order valence-corrected chi connectivity index (χ2v) is 3.15.